The number of methoxy groups -OCH3 is 1. The molecule has 0 atom stereocenters. The summed E-state index contributed by atoms with van der Waals surface area (Å²) in [7, 11) is 1.50. The molecule has 0 spiro atoms. The molecule has 0 bridgehead atoms. The number of ether oxygens (including phenoxy) is 2. The minimum absolute atomic E-state index is 0.433. The minimum atomic E-state index is -1.08. The zero-order chi connectivity index (χ0) is 16.0. The second kappa shape index (κ2) is 6.78. The third-order valence-electron chi connectivity index (χ3n) is 2.30. The molecule has 0 heterocycles. The SMILES string of the molecule is COc1ccc(NC(=O)OC(C)(C)C)c(/C=C/C(=O)O)c1. The van der Waals surface area contributed by atoms with Crippen LogP contribution in [-0.2, 0) is 9.53 Å². The highest BCUT2D eigenvalue weighted by Gasteiger charge is 2.17. The number of benzene rings is 1. The van der Waals surface area contributed by atoms with E-state index in [1.165, 1.54) is 13.2 Å². The number of carboxylic acid groups (broad SMARTS) is 1. The fourth-order valence-electron chi connectivity index (χ4n) is 1.49. The summed E-state index contributed by atoms with van der Waals surface area (Å²) in [5.74, 6) is -0.532. The summed E-state index contributed by atoms with van der Waals surface area (Å²) in [5.41, 5.74) is 0.318. The van der Waals surface area contributed by atoms with E-state index >= 15 is 0 Å². The molecule has 1 aromatic rings. The molecule has 114 valence electrons. The molecule has 0 aliphatic heterocycles. The van der Waals surface area contributed by atoms with Gasteiger partial charge in [-0.25, -0.2) is 9.59 Å². The summed E-state index contributed by atoms with van der Waals surface area (Å²) in [4.78, 5) is 22.4. The Morgan fingerprint density at radius 1 is 1.29 bits per heavy atom. The predicted octanol–water partition coefficient (Wildman–Crippen LogP) is 3.14. The van der Waals surface area contributed by atoms with Crippen LogP contribution in [0.4, 0.5) is 10.5 Å². The smallest absolute Gasteiger partial charge is 0.412 e. The van der Waals surface area contributed by atoms with Crippen LogP contribution in [0.3, 0.4) is 0 Å². The summed E-state index contributed by atoms with van der Waals surface area (Å²) in [5, 5.41) is 11.3. The highest BCUT2D eigenvalue weighted by atomic mass is 16.6. The first-order valence-corrected chi connectivity index (χ1v) is 6.30. The molecule has 0 saturated carbocycles. The molecule has 0 fully saturated rings. The average Bonchev–Trinajstić information content (AvgIpc) is 2.35. The third kappa shape index (κ3) is 5.99. The van der Waals surface area contributed by atoms with E-state index in [0.717, 1.165) is 6.08 Å². The van der Waals surface area contributed by atoms with Crippen molar-refractivity contribution in [3.05, 3.63) is 29.8 Å². The first-order chi connectivity index (χ1) is 9.71. The number of nitrogens with one attached hydrogen (secondary N) is 1. The number of aliphatic carboxylic acids is 1. The van der Waals surface area contributed by atoms with E-state index in [4.69, 9.17) is 14.6 Å². The number of carbonyl (C=O) groups is 2. The third-order valence-corrected chi connectivity index (χ3v) is 2.30. The Morgan fingerprint density at radius 3 is 2.48 bits per heavy atom. The van der Waals surface area contributed by atoms with E-state index in [1.807, 2.05) is 0 Å². The van der Waals surface area contributed by atoms with Gasteiger partial charge in [-0.3, -0.25) is 5.32 Å². The van der Waals surface area contributed by atoms with Gasteiger partial charge in [-0.05, 0) is 45.0 Å². The van der Waals surface area contributed by atoms with Crippen LogP contribution in [0, 0.1) is 0 Å². The molecule has 2 N–H and O–H groups in total. The molecule has 0 radical (unpaired) electrons. The highest BCUT2D eigenvalue weighted by Crippen LogP contribution is 2.24. The van der Waals surface area contributed by atoms with Crippen molar-refractivity contribution in [3.63, 3.8) is 0 Å². The van der Waals surface area contributed by atoms with Crippen molar-refractivity contribution >= 4 is 23.8 Å². The maximum absolute atomic E-state index is 11.8. The van der Waals surface area contributed by atoms with E-state index in [9.17, 15) is 9.59 Å². The molecule has 1 rings (SSSR count). The Morgan fingerprint density at radius 2 is 1.95 bits per heavy atom. The number of carbonyl (C=O) groups excluding carboxylic acids is 1. The van der Waals surface area contributed by atoms with Gasteiger partial charge in [-0.15, -0.1) is 0 Å². The lowest BCUT2D eigenvalue weighted by Gasteiger charge is -2.20. The maximum Gasteiger partial charge on any atom is 0.412 e. The van der Waals surface area contributed by atoms with Gasteiger partial charge in [-0.1, -0.05) is 0 Å². The van der Waals surface area contributed by atoms with Crippen molar-refractivity contribution in [1.29, 1.82) is 0 Å². The lowest BCUT2D eigenvalue weighted by molar-refractivity contribution is -0.131. The van der Waals surface area contributed by atoms with E-state index in [2.05, 4.69) is 5.32 Å². The van der Waals surface area contributed by atoms with Crippen LogP contribution in [-0.4, -0.2) is 29.9 Å². The summed E-state index contributed by atoms with van der Waals surface area (Å²) >= 11 is 0. The van der Waals surface area contributed by atoms with Gasteiger partial charge in [-0.2, -0.15) is 0 Å². The molecule has 0 aliphatic rings. The van der Waals surface area contributed by atoms with Gasteiger partial charge in [0.25, 0.3) is 0 Å². The van der Waals surface area contributed by atoms with Gasteiger partial charge in [0.1, 0.15) is 11.4 Å². The monoisotopic (exact) mass is 293 g/mol. The standard InChI is InChI=1S/C15H19NO5/c1-15(2,3)21-14(19)16-12-7-6-11(20-4)9-10(12)5-8-13(17)18/h5-9H,1-4H3,(H,16,19)(H,17,18)/b8-5+. The van der Waals surface area contributed by atoms with Gasteiger partial charge < -0.3 is 14.6 Å². The van der Waals surface area contributed by atoms with Gasteiger partial charge in [0.15, 0.2) is 0 Å². The predicted molar refractivity (Wildman–Crippen MR) is 79.5 cm³/mol. The van der Waals surface area contributed by atoms with Crippen LogP contribution in [0.2, 0.25) is 0 Å². The van der Waals surface area contributed by atoms with Crippen LogP contribution in [0.5, 0.6) is 5.75 Å². The lowest BCUT2D eigenvalue weighted by atomic mass is 10.1. The number of rotatable bonds is 4. The largest absolute Gasteiger partial charge is 0.497 e. The molecular weight excluding hydrogens is 274 g/mol. The fourth-order valence-corrected chi connectivity index (χ4v) is 1.49. The number of anilines is 1. The van der Waals surface area contributed by atoms with E-state index in [1.54, 1.807) is 39.0 Å². The number of hydrogen-bond acceptors (Lipinski definition) is 4. The van der Waals surface area contributed by atoms with Crippen molar-refractivity contribution in [2.24, 2.45) is 0 Å². The van der Waals surface area contributed by atoms with Crippen molar-refractivity contribution in [1.82, 2.24) is 0 Å². The van der Waals surface area contributed by atoms with Crippen LogP contribution < -0.4 is 10.1 Å². The first kappa shape index (κ1) is 16.6. The molecule has 6 heteroatoms. The molecular formula is C15H19NO5. The first-order valence-electron chi connectivity index (χ1n) is 6.30. The van der Waals surface area contributed by atoms with Gasteiger partial charge >= 0.3 is 12.1 Å². The molecule has 1 aromatic carbocycles. The summed E-state index contributed by atoms with van der Waals surface area (Å²) in [6.07, 6.45) is 1.74. The van der Waals surface area contributed by atoms with Crippen molar-refractivity contribution < 1.29 is 24.2 Å². The van der Waals surface area contributed by atoms with Gasteiger partial charge in [0.05, 0.1) is 12.8 Å². The quantitative estimate of drug-likeness (QED) is 0.833. The van der Waals surface area contributed by atoms with Gasteiger partial charge in [0.2, 0.25) is 0 Å². The Bertz CT molecular complexity index is 558. The van der Waals surface area contributed by atoms with Crippen LogP contribution in [0.15, 0.2) is 24.3 Å². The average molecular weight is 293 g/mol. The van der Waals surface area contributed by atoms with E-state index < -0.39 is 17.7 Å². The number of amides is 1. The van der Waals surface area contributed by atoms with Crippen molar-refractivity contribution in [2.45, 2.75) is 26.4 Å². The fraction of sp³-hybridized carbons (Fsp3) is 0.333. The normalized spacial score (nSPS) is 11.2. The van der Waals surface area contributed by atoms with Crippen molar-refractivity contribution in [2.75, 3.05) is 12.4 Å². The van der Waals surface area contributed by atoms with Crippen LogP contribution >= 0.6 is 0 Å². The van der Waals surface area contributed by atoms with Crippen molar-refractivity contribution in [3.8, 4) is 5.75 Å². The molecule has 0 saturated heterocycles. The van der Waals surface area contributed by atoms with Crippen LogP contribution in [0.1, 0.15) is 26.3 Å². The molecule has 21 heavy (non-hydrogen) atoms. The molecule has 6 nitrogen and oxygen atoms in total. The Labute approximate surface area is 123 Å². The molecule has 0 aromatic heterocycles. The summed E-state index contributed by atoms with van der Waals surface area (Å²) in [6, 6.07) is 4.89. The van der Waals surface area contributed by atoms with Gasteiger partial charge in [0, 0.05) is 11.6 Å². The number of carboxylic acids is 1. The minimum Gasteiger partial charge on any atom is -0.497 e. The van der Waals surface area contributed by atoms with E-state index in [-0.39, 0.29) is 0 Å². The second-order valence-corrected chi connectivity index (χ2v) is 5.25. The summed E-state index contributed by atoms with van der Waals surface area (Å²) in [6.45, 7) is 5.27. The zero-order valence-electron chi connectivity index (χ0n) is 12.5. The maximum atomic E-state index is 11.8. The Balaban J connectivity index is 3.00. The lowest BCUT2D eigenvalue weighted by Crippen LogP contribution is -2.27. The van der Waals surface area contributed by atoms with Crippen LogP contribution in [0.25, 0.3) is 6.08 Å². The second-order valence-electron chi connectivity index (χ2n) is 5.25. The topological polar surface area (TPSA) is 84.9 Å². The Kier molecular flexibility index (Phi) is 5.35. The zero-order valence-corrected chi connectivity index (χ0v) is 12.5. The molecule has 0 aliphatic carbocycles. The Hall–Kier alpha value is -2.50. The summed E-state index contributed by atoms with van der Waals surface area (Å²) < 4.78 is 10.2. The molecule has 1 amide bonds. The van der Waals surface area contributed by atoms with E-state index in [0.29, 0.717) is 17.0 Å². The number of hydrogen-bond donors (Lipinski definition) is 2. The molecule has 0 unspecified atom stereocenters. The highest BCUT2D eigenvalue weighted by molar-refractivity contribution is 5.91.